The fourth-order valence-corrected chi connectivity index (χ4v) is 2.75. The molecule has 5 heteroatoms. The molecule has 1 aromatic carbocycles. The van der Waals surface area contributed by atoms with Crippen LogP contribution in [0.5, 0.6) is 0 Å². The van der Waals surface area contributed by atoms with Crippen molar-refractivity contribution in [1.82, 2.24) is 10.6 Å². The third-order valence-corrected chi connectivity index (χ3v) is 4.31. The maximum atomic E-state index is 11.9. The standard InChI is InChI=1S/C15H18BrClN2O/c16-14-3-2-13(17)9-12(14)1-4-15(20)19-10-11-5-7-18-8-6-11/h2-3,5,9,18H,1,4,6-8,10H2,(H,19,20). The molecule has 0 saturated carbocycles. The van der Waals surface area contributed by atoms with Crippen molar-refractivity contribution in [1.29, 1.82) is 0 Å². The molecule has 0 radical (unpaired) electrons. The molecule has 0 unspecified atom stereocenters. The van der Waals surface area contributed by atoms with E-state index in [0.717, 1.165) is 29.5 Å². The lowest BCUT2D eigenvalue weighted by atomic mass is 10.1. The molecule has 2 N–H and O–H groups in total. The van der Waals surface area contributed by atoms with E-state index in [1.165, 1.54) is 5.57 Å². The molecular formula is C15H18BrClN2O. The molecule has 0 atom stereocenters. The molecule has 0 saturated heterocycles. The first-order valence-electron chi connectivity index (χ1n) is 6.74. The quantitative estimate of drug-likeness (QED) is 0.795. The van der Waals surface area contributed by atoms with E-state index in [-0.39, 0.29) is 5.91 Å². The lowest BCUT2D eigenvalue weighted by molar-refractivity contribution is -0.120. The Kier molecular flexibility index (Phi) is 6.07. The summed E-state index contributed by atoms with van der Waals surface area (Å²) < 4.78 is 0.996. The van der Waals surface area contributed by atoms with Crippen molar-refractivity contribution in [3.05, 3.63) is 44.9 Å². The van der Waals surface area contributed by atoms with Crippen molar-refractivity contribution in [3.8, 4) is 0 Å². The number of hydrogen-bond acceptors (Lipinski definition) is 2. The zero-order valence-corrected chi connectivity index (χ0v) is 13.6. The molecule has 1 amide bonds. The minimum Gasteiger partial charge on any atom is -0.352 e. The van der Waals surface area contributed by atoms with Crippen molar-refractivity contribution >= 4 is 33.4 Å². The monoisotopic (exact) mass is 356 g/mol. The highest BCUT2D eigenvalue weighted by atomic mass is 79.9. The van der Waals surface area contributed by atoms with E-state index in [2.05, 4.69) is 32.6 Å². The number of amides is 1. The van der Waals surface area contributed by atoms with Gasteiger partial charge in [0.25, 0.3) is 0 Å². The summed E-state index contributed by atoms with van der Waals surface area (Å²) in [7, 11) is 0. The molecule has 0 aliphatic carbocycles. The van der Waals surface area contributed by atoms with Crippen LogP contribution in [0.3, 0.4) is 0 Å². The molecule has 1 aliphatic heterocycles. The molecule has 0 bridgehead atoms. The Morgan fingerprint density at radius 3 is 3.05 bits per heavy atom. The SMILES string of the molecule is O=C(CCc1cc(Cl)ccc1Br)NCC1=CCNCC1. The Bertz CT molecular complexity index is 517. The van der Waals surface area contributed by atoms with Gasteiger partial charge < -0.3 is 10.6 Å². The normalized spacial score (nSPS) is 14.8. The zero-order chi connectivity index (χ0) is 14.4. The van der Waals surface area contributed by atoms with E-state index >= 15 is 0 Å². The summed E-state index contributed by atoms with van der Waals surface area (Å²) in [6.07, 6.45) is 4.33. The average molecular weight is 358 g/mol. The number of carbonyl (C=O) groups excluding carboxylic acids is 1. The second-order valence-corrected chi connectivity index (χ2v) is 6.12. The smallest absolute Gasteiger partial charge is 0.220 e. The van der Waals surface area contributed by atoms with Gasteiger partial charge in [0, 0.05) is 29.0 Å². The lowest BCUT2D eigenvalue weighted by Crippen LogP contribution is -2.29. The van der Waals surface area contributed by atoms with Crippen LogP contribution in [-0.4, -0.2) is 25.5 Å². The maximum Gasteiger partial charge on any atom is 0.220 e. The van der Waals surface area contributed by atoms with Crippen LogP contribution in [-0.2, 0) is 11.2 Å². The summed E-state index contributed by atoms with van der Waals surface area (Å²) in [5.41, 5.74) is 2.37. The number of nitrogens with one attached hydrogen (secondary N) is 2. The van der Waals surface area contributed by atoms with Crippen LogP contribution in [0.2, 0.25) is 5.02 Å². The van der Waals surface area contributed by atoms with Gasteiger partial charge in [-0.25, -0.2) is 0 Å². The summed E-state index contributed by atoms with van der Waals surface area (Å²) in [6, 6.07) is 5.64. The van der Waals surface area contributed by atoms with Crippen molar-refractivity contribution in [3.63, 3.8) is 0 Å². The molecule has 3 nitrogen and oxygen atoms in total. The van der Waals surface area contributed by atoms with E-state index in [4.69, 9.17) is 11.6 Å². The first-order chi connectivity index (χ1) is 9.65. The Morgan fingerprint density at radius 2 is 2.30 bits per heavy atom. The number of benzene rings is 1. The molecule has 20 heavy (non-hydrogen) atoms. The summed E-state index contributed by atoms with van der Waals surface area (Å²) in [4.78, 5) is 11.9. The number of halogens is 2. The number of rotatable bonds is 5. The first-order valence-corrected chi connectivity index (χ1v) is 7.91. The van der Waals surface area contributed by atoms with Crippen molar-refractivity contribution in [2.24, 2.45) is 0 Å². The van der Waals surface area contributed by atoms with Gasteiger partial charge >= 0.3 is 0 Å². The van der Waals surface area contributed by atoms with Crippen LogP contribution >= 0.6 is 27.5 Å². The summed E-state index contributed by atoms with van der Waals surface area (Å²) in [5.74, 6) is 0.0799. The Labute approximate surface area is 132 Å². The third-order valence-electron chi connectivity index (χ3n) is 3.30. The van der Waals surface area contributed by atoms with Gasteiger partial charge in [-0.1, -0.05) is 39.2 Å². The molecule has 1 heterocycles. The fraction of sp³-hybridized carbons (Fsp3) is 0.400. The number of aryl methyl sites for hydroxylation is 1. The molecular weight excluding hydrogens is 340 g/mol. The highest BCUT2D eigenvalue weighted by Crippen LogP contribution is 2.22. The highest BCUT2D eigenvalue weighted by molar-refractivity contribution is 9.10. The van der Waals surface area contributed by atoms with Gasteiger partial charge in [-0.3, -0.25) is 4.79 Å². The lowest BCUT2D eigenvalue weighted by Gasteiger charge is -2.14. The molecule has 1 aliphatic rings. The van der Waals surface area contributed by atoms with E-state index in [1.807, 2.05) is 18.2 Å². The van der Waals surface area contributed by atoms with Crippen LogP contribution < -0.4 is 10.6 Å². The minimum absolute atomic E-state index is 0.0799. The number of hydrogen-bond donors (Lipinski definition) is 2. The van der Waals surface area contributed by atoms with Crippen molar-refractivity contribution in [2.75, 3.05) is 19.6 Å². The van der Waals surface area contributed by atoms with E-state index in [0.29, 0.717) is 24.4 Å². The van der Waals surface area contributed by atoms with Crippen molar-refractivity contribution < 1.29 is 4.79 Å². The Balaban J connectivity index is 1.77. The fourth-order valence-electron chi connectivity index (χ4n) is 2.11. The van der Waals surface area contributed by atoms with Gasteiger partial charge in [0.2, 0.25) is 5.91 Å². The Hall–Kier alpha value is -0.840. The maximum absolute atomic E-state index is 11.9. The predicted octanol–water partition coefficient (Wildman–Crippen LogP) is 3.07. The van der Waals surface area contributed by atoms with Gasteiger partial charge in [0.15, 0.2) is 0 Å². The third kappa shape index (κ3) is 4.93. The van der Waals surface area contributed by atoms with Crippen LogP contribution in [0.15, 0.2) is 34.3 Å². The first kappa shape index (κ1) is 15.5. The second kappa shape index (κ2) is 7.81. The molecule has 0 fully saturated rings. The molecule has 0 spiro atoms. The summed E-state index contributed by atoms with van der Waals surface area (Å²) in [5, 5.41) is 6.92. The molecule has 1 aromatic rings. The summed E-state index contributed by atoms with van der Waals surface area (Å²) in [6.45, 7) is 2.56. The molecule has 2 rings (SSSR count). The van der Waals surface area contributed by atoms with E-state index in [1.54, 1.807) is 0 Å². The van der Waals surface area contributed by atoms with Gasteiger partial charge in [-0.15, -0.1) is 0 Å². The van der Waals surface area contributed by atoms with Crippen molar-refractivity contribution in [2.45, 2.75) is 19.3 Å². The second-order valence-electron chi connectivity index (χ2n) is 4.83. The highest BCUT2D eigenvalue weighted by Gasteiger charge is 2.07. The largest absolute Gasteiger partial charge is 0.352 e. The molecule has 108 valence electrons. The van der Waals surface area contributed by atoms with Gasteiger partial charge in [0.05, 0.1) is 0 Å². The molecule has 0 aromatic heterocycles. The van der Waals surface area contributed by atoms with Crippen LogP contribution in [0.25, 0.3) is 0 Å². The van der Waals surface area contributed by atoms with Crippen LogP contribution in [0, 0.1) is 0 Å². The minimum atomic E-state index is 0.0799. The van der Waals surface area contributed by atoms with Gasteiger partial charge in [0.1, 0.15) is 0 Å². The topological polar surface area (TPSA) is 41.1 Å². The van der Waals surface area contributed by atoms with Crippen LogP contribution in [0.1, 0.15) is 18.4 Å². The predicted molar refractivity (Wildman–Crippen MR) is 86.1 cm³/mol. The Morgan fingerprint density at radius 1 is 1.45 bits per heavy atom. The van der Waals surface area contributed by atoms with Gasteiger partial charge in [-0.2, -0.15) is 0 Å². The number of carbonyl (C=O) groups is 1. The summed E-state index contributed by atoms with van der Waals surface area (Å²) >= 11 is 9.44. The van der Waals surface area contributed by atoms with Gasteiger partial charge in [-0.05, 0) is 43.1 Å². The van der Waals surface area contributed by atoms with Crippen LogP contribution in [0.4, 0.5) is 0 Å². The van der Waals surface area contributed by atoms with E-state index < -0.39 is 0 Å². The average Bonchev–Trinajstić information content (AvgIpc) is 2.47. The zero-order valence-electron chi connectivity index (χ0n) is 11.2. The van der Waals surface area contributed by atoms with E-state index in [9.17, 15) is 4.79 Å².